The van der Waals surface area contributed by atoms with Crippen LogP contribution in [0, 0.1) is 0 Å². The van der Waals surface area contributed by atoms with E-state index in [0.29, 0.717) is 11.4 Å². The highest BCUT2D eigenvalue weighted by atomic mass is 35.5. The minimum atomic E-state index is 0.233. The zero-order valence-corrected chi connectivity index (χ0v) is 7.89. The number of nitrogen functional groups attached to an aromatic ring is 1. The Morgan fingerprint density at radius 2 is 2.42 bits per heavy atom. The van der Waals surface area contributed by atoms with Gasteiger partial charge in [-0.1, -0.05) is 17.7 Å². The van der Waals surface area contributed by atoms with E-state index in [1.54, 1.807) is 12.3 Å². The zero-order chi connectivity index (χ0) is 8.97. The van der Waals surface area contributed by atoms with Crippen molar-refractivity contribution in [1.82, 2.24) is 9.97 Å². The molecule has 0 saturated carbocycles. The van der Waals surface area contributed by atoms with Gasteiger partial charge in [0.1, 0.15) is 0 Å². The van der Waals surface area contributed by atoms with Crippen molar-refractivity contribution in [3.05, 3.63) is 23.1 Å². The van der Waals surface area contributed by atoms with Gasteiger partial charge in [0.15, 0.2) is 11.0 Å². The van der Waals surface area contributed by atoms with Gasteiger partial charge in [-0.15, -0.1) is 0 Å². The molecule has 0 fully saturated rings. The molecule has 0 aliphatic heterocycles. The molecule has 3 nitrogen and oxygen atoms in total. The first-order chi connectivity index (χ1) is 5.74. The number of nitrogens with zero attached hydrogens (tertiary/aromatic N) is 2. The van der Waals surface area contributed by atoms with Gasteiger partial charge in [-0.3, -0.25) is 0 Å². The van der Waals surface area contributed by atoms with E-state index in [4.69, 9.17) is 17.3 Å². The van der Waals surface area contributed by atoms with E-state index in [1.807, 2.05) is 6.08 Å². The Morgan fingerprint density at radius 1 is 1.67 bits per heavy atom. The summed E-state index contributed by atoms with van der Waals surface area (Å²) < 4.78 is 0. The Labute approximate surface area is 81.1 Å². The smallest absolute Gasteiger partial charge is 0.171 e. The molecule has 0 aliphatic rings. The molecule has 0 amide bonds. The fraction of sp³-hybridized carbons (Fsp3) is 0.143. The number of hydrogen-bond donors (Lipinski definition) is 2. The van der Waals surface area contributed by atoms with Gasteiger partial charge in [0.2, 0.25) is 0 Å². The summed E-state index contributed by atoms with van der Waals surface area (Å²) >= 11 is 9.65. The number of nitrogens with two attached hydrogens (primary N) is 1. The van der Waals surface area contributed by atoms with E-state index >= 15 is 0 Å². The highest BCUT2D eigenvalue weighted by Gasteiger charge is 1.97. The summed E-state index contributed by atoms with van der Waals surface area (Å²) in [6, 6.07) is 0. The Hall–Kier alpha value is -0.740. The molecule has 0 aromatic carbocycles. The molecule has 1 aromatic heterocycles. The fourth-order valence-corrected chi connectivity index (χ4v) is 0.894. The molecule has 64 valence electrons. The third-order valence-corrected chi connectivity index (χ3v) is 1.66. The molecule has 1 aromatic rings. The van der Waals surface area contributed by atoms with Gasteiger partial charge in [-0.05, 0) is 6.08 Å². The highest BCUT2D eigenvalue weighted by Crippen LogP contribution is 2.12. The first-order valence-corrected chi connectivity index (χ1v) is 4.30. The van der Waals surface area contributed by atoms with Crippen LogP contribution in [0.2, 0.25) is 5.15 Å². The van der Waals surface area contributed by atoms with E-state index in [-0.39, 0.29) is 11.0 Å². The maximum absolute atomic E-state index is 5.64. The van der Waals surface area contributed by atoms with Gasteiger partial charge in [-0.25, -0.2) is 9.97 Å². The van der Waals surface area contributed by atoms with E-state index < -0.39 is 0 Å². The molecule has 0 bridgehead atoms. The van der Waals surface area contributed by atoms with Crippen molar-refractivity contribution in [2.45, 2.75) is 0 Å². The number of rotatable bonds is 2. The fourth-order valence-electron chi connectivity index (χ4n) is 0.642. The molecule has 0 radical (unpaired) electrons. The van der Waals surface area contributed by atoms with Gasteiger partial charge < -0.3 is 5.73 Å². The standard InChI is InChI=1S/C7H8ClN3S/c8-6-7(9)10-4-5(11-6)2-1-3-12/h1-2,4,12H,3H2,(H2,9,10). The van der Waals surface area contributed by atoms with Crippen molar-refractivity contribution in [3.8, 4) is 0 Å². The van der Waals surface area contributed by atoms with Crippen molar-refractivity contribution in [1.29, 1.82) is 0 Å². The molecule has 1 rings (SSSR count). The second kappa shape index (κ2) is 4.33. The van der Waals surface area contributed by atoms with Gasteiger partial charge >= 0.3 is 0 Å². The lowest BCUT2D eigenvalue weighted by Crippen LogP contribution is -1.94. The molecule has 5 heteroatoms. The summed E-state index contributed by atoms with van der Waals surface area (Å²) in [5.74, 6) is 0.906. The molecular formula is C7H8ClN3S. The molecule has 0 saturated heterocycles. The lowest BCUT2D eigenvalue weighted by molar-refractivity contribution is 1.19. The van der Waals surface area contributed by atoms with Crippen molar-refractivity contribution in [3.63, 3.8) is 0 Å². The third kappa shape index (κ3) is 2.39. The maximum Gasteiger partial charge on any atom is 0.171 e. The van der Waals surface area contributed by atoms with Crippen molar-refractivity contribution in [2.75, 3.05) is 11.5 Å². The third-order valence-electron chi connectivity index (χ3n) is 1.17. The molecule has 0 unspecified atom stereocenters. The van der Waals surface area contributed by atoms with Crippen LogP contribution in [0.1, 0.15) is 5.69 Å². The van der Waals surface area contributed by atoms with Crippen LogP contribution in [0.3, 0.4) is 0 Å². The SMILES string of the molecule is Nc1ncc(C=CCS)nc1Cl. The van der Waals surface area contributed by atoms with Gasteiger partial charge in [-0.2, -0.15) is 12.6 Å². The molecular weight excluding hydrogens is 194 g/mol. The lowest BCUT2D eigenvalue weighted by atomic mass is 10.4. The van der Waals surface area contributed by atoms with Crippen LogP contribution < -0.4 is 5.73 Å². The van der Waals surface area contributed by atoms with Gasteiger partial charge in [0.25, 0.3) is 0 Å². The van der Waals surface area contributed by atoms with Crippen LogP contribution in [0.15, 0.2) is 12.3 Å². The number of halogens is 1. The number of aromatic nitrogens is 2. The van der Waals surface area contributed by atoms with Gasteiger partial charge in [0, 0.05) is 5.75 Å². The number of thiol groups is 1. The van der Waals surface area contributed by atoms with Crippen LogP contribution in [0.5, 0.6) is 0 Å². The average molecular weight is 202 g/mol. The Bertz CT molecular complexity index is 301. The second-order valence-corrected chi connectivity index (χ2v) is 2.78. The molecule has 1 heterocycles. The molecule has 12 heavy (non-hydrogen) atoms. The van der Waals surface area contributed by atoms with E-state index in [2.05, 4.69) is 22.6 Å². The molecule has 0 aliphatic carbocycles. The minimum absolute atomic E-state index is 0.233. The van der Waals surface area contributed by atoms with Crippen molar-refractivity contribution < 1.29 is 0 Å². The number of anilines is 1. The van der Waals surface area contributed by atoms with Crippen molar-refractivity contribution >= 4 is 36.1 Å². The molecule has 2 N–H and O–H groups in total. The first kappa shape index (κ1) is 9.35. The Kier molecular flexibility index (Phi) is 3.37. The van der Waals surface area contributed by atoms with Crippen LogP contribution in [-0.2, 0) is 0 Å². The summed E-state index contributed by atoms with van der Waals surface area (Å²) in [6.07, 6.45) is 5.19. The van der Waals surface area contributed by atoms with Crippen LogP contribution in [0.4, 0.5) is 5.82 Å². The molecule has 0 spiro atoms. The largest absolute Gasteiger partial charge is 0.381 e. The zero-order valence-electron chi connectivity index (χ0n) is 6.24. The first-order valence-electron chi connectivity index (χ1n) is 3.29. The van der Waals surface area contributed by atoms with E-state index in [9.17, 15) is 0 Å². The van der Waals surface area contributed by atoms with E-state index in [0.717, 1.165) is 0 Å². The van der Waals surface area contributed by atoms with Crippen LogP contribution >= 0.6 is 24.2 Å². The van der Waals surface area contributed by atoms with Crippen LogP contribution in [0.25, 0.3) is 6.08 Å². The summed E-state index contributed by atoms with van der Waals surface area (Å²) in [5, 5.41) is 0.233. The van der Waals surface area contributed by atoms with Crippen molar-refractivity contribution in [2.24, 2.45) is 0 Å². The second-order valence-electron chi connectivity index (χ2n) is 2.06. The predicted molar refractivity (Wildman–Crippen MR) is 54.3 cm³/mol. The summed E-state index contributed by atoms with van der Waals surface area (Å²) in [5.41, 5.74) is 6.06. The Balaban J connectivity index is 2.89. The maximum atomic E-state index is 5.64. The summed E-state index contributed by atoms with van der Waals surface area (Å²) in [6.45, 7) is 0. The normalized spacial score (nSPS) is 10.8. The summed E-state index contributed by atoms with van der Waals surface area (Å²) in [7, 11) is 0. The summed E-state index contributed by atoms with van der Waals surface area (Å²) in [4.78, 5) is 7.81. The minimum Gasteiger partial charge on any atom is -0.381 e. The molecule has 0 atom stereocenters. The Morgan fingerprint density at radius 3 is 3.00 bits per heavy atom. The predicted octanol–water partition coefficient (Wildman–Crippen LogP) is 1.66. The van der Waals surface area contributed by atoms with Crippen LogP contribution in [-0.4, -0.2) is 15.7 Å². The average Bonchev–Trinajstić information content (AvgIpc) is 2.07. The lowest BCUT2D eigenvalue weighted by Gasteiger charge is -1.96. The van der Waals surface area contributed by atoms with Gasteiger partial charge in [0.05, 0.1) is 11.9 Å². The topological polar surface area (TPSA) is 51.8 Å². The monoisotopic (exact) mass is 201 g/mol. The highest BCUT2D eigenvalue weighted by molar-refractivity contribution is 7.80. The quantitative estimate of drug-likeness (QED) is 0.716. The van der Waals surface area contributed by atoms with E-state index in [1.165, 1.54) is 0 Å². The number of hydrogen-bond acceptors (Lipinski definition) is 4.